The fourth-order valence-electron chi connectivity index (χ4n) is 4.96. The van der Waals surface area contributed by atoms with Gasteiger partial charge < -0.3 is 5.32 Å². The van der Waals surface area contributed by atoms with Gasteiger partial charge in [-0.15, -0.1) is 0 Å². The highest BCUT2D eigenvalue weighted by Gasteiger charge is 2.27. The van der Waals surface area contributed by atoms with Crippen LogP contribution in [0, 0.1) is 6.92 Å². The van der Waals surface area contributed by atoms with Crippen LogP contribution in [0.4, 0.5) is 10.5 Å². The number of carbonyl (C=O) groups excluding carboxylic acids is 2. The van der Waals surface area contributed by atoms with Crippen molar-refractivity contribution in [3.8, 4) is 0 Å². The van der Waals surface area contributed by atoms with Gasteiger partial charge in [-0.25, -0.2) is 14.5 Å². The molecular formula is C25H28N6O4S. The average Bonchev–Trinajstić information content (AvgIpc) is 3.60. The molecule has 11 heteroatoms. The second-order valence-corrected chi connectivity index (χ2v) is 10.9. The molecule has 0 aliphatic heterocycles. The molecule has 0 radical (unpaired) electrons. The van der Waals surface area contributed by atoms with Gasteiger partial charge in [-0.1, -0.05) is 6.07 Å². The first-order valence-electron chi connectivity index (χ1n) is 12.2. The lowest BCUT2D eigenvalue weighted by atomic mass is 9.99. The summed E-state index contributed by atoms with van der Waals surface area (Å²) >= 11 is 0. The number of benzene rings is 1. The van der Waals surface area contributed by atoms with Gasteiger partial charge in [-0.3, -0.25) is 14.5 Å². The smallest absolute Gasteiger partial charge is 0.307 e. The Morgan fingerprint density at radius 1 is 1.03 bits per heavy atom. The Kier molecular flexibility index (Phi) is 6.57. The molecular weight excluding hydrogens is 480 g/mol. The van der Waals surface area contributed by atoms with E-state index in [0.29, 0.717) is 18.7 Å². The first-order chi connectivity index (χ1) is 17.3. The number of nitrogens with zero attached hydrogens (tertiary/aromatic N) is 4. The van der Waals surface area contributed by atoms with Crippen LogP contribution >= 0.6 is 0 Å². The molecule has 5 rings (SSSR count). The second kappa shape index (κ2) is 9.81. The minimum absolute atomic E-state index is 0.139. The summed E-state index contributed by atoms with van der Waals surface area (Å²) < 4.78 is 29.1. The van der Waals surface area contributed by atoms with Crippen LogP contribution in [0.1, 0.15) is 64.1 Å². The quantitative estimate of drug-likeness (QED) is 0.446. The van der Waals surface area contributed by atoms with Crippen LogP contribution < -0.4 is 10.0 Å². The number of carbonyl (C=O) groups is 2. The third-order valence-corrected chi connectivity index (χ3v) is 7.91. The number of hydrogen-bond donors (Lipinski definition) is 2. The van der Waals surface area contributed by atoms with Gasteiger partial charge in [0, 0.05) is 31.0 Å². The number of hydrogen-bond acceptors (Lipinski definition) is 7. The third-order valence-electron chi connectivity index (χ3n) is 6.69. The molecule has 10 nitrogen and oxygen atoms in total. The summed E-state index contributed by atoms with van der Waals surface area (Å²) in [5, 5.41) is 6.66. The van der Waals surface area contributed by atoms with Crippen LogP contribution in [-0.2, 0) is 42.3 Å². The molecule has 2 amide bonds. The van der Waals surface area contributed by atoms with E-state index in [0.717, 1.165) is 61.0 Å². The van der Waals surface area contributed by atoms with Crippen molar-refractivity contribution >= 4 is 27.5 Å². The van der Waals surface area contributed by atoms with Crippen molar-refractivity contribution in [2.45, 2.75) is 69.9 Å². The number of nitrogens with one attached hydrogen (secondary N) is 2. The van der Waals surface area contributed by atoms with E-state index in [4.69, 9.17) is 0 Å². The van der Waals surface area contributed by atoms with Crippen LogP contribution in [0.15, 0.2) is 35.7 Å². The molecule has 3 aromatic rings. The molecule has 0 saturated heterocycles. The molecule has 36 heavy (non-hydrogen) atoms. The van der Waals surface area contributed by atoms with Gasteiger partial charge >= 0.3 is 6.03 Å². The molecule has 2 aliphatic carbocycles. The number of Topliss-reactive ketones (excluding diaryl/α,β-unsaturated/α-hetero) is 1. The molecule has 188 valence electrons. The predicted octanol–water partition coefficient (Wildman–Crippen LogP) is 3.13. The number of rotatable bonds is 8. The second-order valence-electron chi connectivity index (χ2n) is 9.28. The largest absolute Gasteiger partial charge is 0.333 e. The van der Waals surface area contributed by atoms with E-state index < -0.39 is 16.1 Å². The lowest BCUT2D eigenvalue weighted by molar-refractivity contribution is 0.0973. The Morgan fingerprint density at radius 3 is 2.42 bits per heavy atom. The van der Waals surface area contributed by atoms with E-state index in [1.165, 1.54) is 34.3 Å². The molecule has 0 spiro atoms. The fourth-order valence-corrected chi connectivity index (χ4v) is 5.81. The van der Waals surface area contributed by atoms with Crippen molar-refractivity contribution in [2.75, 3.05) is 5.32 Å². The Balaban J connectivity index is 1.19. The zero-order chi connectivity index (χ0) is 25.3. The van der Waals surface area contributed by atoms with Crippen molar-refractivity contribution < 1.29 is 18.0 Å². The van der Waals surface area contributed by atoms with E-state index in [2.05, 4.69) is 31.2 Å². The van der Waals surface area contributed by atoms with Crippen molar-refractivity contribution in [1.29, 1.82) is 0 Å². The maximum absolute atomic E-state index is 12.8. The summed E-state index contributed by atoms with van der Waals surface area (Å²) in [4.78, 5) is 33.1. The van der Waals surface area contributed by atoms with E-state index in [1.807, 2.05) is 0 Å². The number of ketones is 1. The zero-order valence-corrected chi connectivity index (χ0v) is 20.9. The standard InChI is InChI=1S/C25H28N6O4S/c1-16-14-27-21(15-26-16)22(32)9-4-11-31-12-10-23(29-31)36(34,35)30-25(33)28-24-19-7-2-5-17(19)13-18-6-3-8-20(18)24/h10,12-15H,2-9,11H2,1H3,(H2,28,30,33). The van der Waals surface area contributed by atoms with Crippen molar-refractivity contribution in [3.63, 3.8) is 0 Å². The van der Waals surface area contributed by atoms with Crippen LogP contribution in [0.3, 0.4) is 0 Å². The number of amides is 2. The first kappa shape index (κ1) is 24.1. The van der Waals surface area contributed by atoms with E-state index in [-0.39, 0.29) is 17.2 Å². The molecule has 0 saturated carbocycles. The van der Waals surface area contributed by atoms with Crippen LogP contribution in [0.25, 0.3) is 0 Å². The average molecular weight is 509 g/mol. The molecule has 0 fully saturated rings. The number of urea groups is 1. The van der Waals surface area contributed by atoms with Gasteiger partial charge in [0.15, 0.2) is 10.8 Å². The number of anilines is 1. The molecule has 2 N–H and O–H groups in total. The summed E-state index contributed by atoms with van der Waals surface area (Å²) in [6.07, 6.45) is 11.0. The van der Waals surface area contributed by atoms with Crippen molar-refractivity contribution in [1.82, 2.24) is 24.5 Å². The molecule has 0 unspecified atom stereocenters. The van der Waals surface area contributed by atoms with Gasteiger partial charge in [0.1, 0.15) is 5.69 Å². The van der Waals surface area contributed by atoms with Crippen molar-refractivity contribution in [3.05, 3.63) is 64.4 Å². The Labute approximate surface area is 209 Å². The topological polar surface area (TPSA) is 136 Å². The van der Waals surface area contributed by atoms with Crippen LogP contribution in [0.2, 0.25) is 0 Å². The number of sulfonamides is 1. The van der Waals surface area contributed by atoms with E-state index in [1.54, 1.807) is 13.1 Å². The minimum atomic E-state index is -4.15. The highest BCUT2D eigenvalue weighted by molar-refractivity contribution is 7.90. The van der Waals surface area contributed by atoms with E-state index in [9.17, 15) is 18.0 Å². The maximum Gasteiger partial charge on any atom is 0.333 e. The Hall–Kier alpha value is -3.60. The summed E-state index contributed by atoms with van der Waals surface area (Å²) in [5.41, 5.74) is 6.56. The fraction of sp³-hybridized carbons (Fsp3) is 0.400. The highest BCUT2D eigenvalue weighted by Crippen LogP contribution is 2.38. The summed E-state index contributed by atoms with van der Waals surface area (Å²) in [7, 11) is -4.15. The highest BCUT2D eigenvalue weighted by atomic mass is 32.2. The minimum Gasteiger partial charge on any atom is -0.307 e. The number of fused-ring (bicyclic) bond motifs is 2. The number of aryl methyl sites for hydroxylation is 4. The van der Waals surface area contributed by atoms with Gasteiger partial charge in [-0.2, -0.15) is 13.5 Å². The number of aromatic nitrogens is 4. The van der Waals surface area contributed by atoms with Crippen LogP contribution in [0.5, 0.6) is 0 Å². The molecule has 2 aliphatic rings. The van der Waals surface area contributed by atoms with Gasteiger partial charge in [-0.05, 0) is 80.2 Å². The lowest BCUT2D eigenvalue weighted by Gasteiger charge is -2.16. The predicted molar refractivity (Wildman–Crippen MR) is 132 cm³/mol. The zero-order valence-electron chi connectivity index (χ0n) is 20.1. The molecule has 2 aromatic heterocycles. The lowest BCUT2D eigenvalue weighted by Crippen LogP contribution is -2.35. The molecule has 0 atom stereocenters. The van der Waals surface area contributed by atoms with Gasteiger partial charge in [0.2, 0.25) is 0 Å². The van der Waals surface area contributed by atoms with Gasteiger partial charge in [0.05, 0.1) is 11.9 Å². The summed E-state index contributed by atoms with van der Waals surface area (Å²) in [6, 6.07) is 2.79. The molecule has 2 heterocycles. The van der Waals surface area contributed by atoms with E-state index >= 15 is 0 Å². The summed E-state index contributed by atoms with van der Waals surface area (Å²) in [5.74, 6) is -0.139. The third kappa shape index (κ3) is 5.01. The van der Waals surface area contributed by atoms with Gasteiger partial charge in [0.25, 0.3) is 10.0 Å². The monoisotopic (exact) mass is 508 g/mol. The normalized spacial score (nSPS) is 14.4. The van der Waals surface area contributed by atoms with Crippen LogP contribution in [-0.4, -0.2) is 40.0 Å². The van der Waals surface area contributed by atoms with Crippen molar-refractivity contribution in [2.24, 2.45) is 0 Å². The molecule has 1 aromatic carbocycles. The summed E-state index contributed by atoms with van der Waals surface area (Å²) in [6.45, 7) is 2.14. The maximum atomic E-state index is 12.8. The SMILES string of the molecule is Cc1cnc(C(=O)CCCn2ccc(S(=O)(=O)NC(=O)Nc3c4c(cc5c3CCC5)CCC4)n2)cn1. The Morgan fingerprint density at radius 2 is 1.75 bits per heavy atom. The molecule has 0 bridgehead atoms. The Bertz CT molecular complexity index is 1400. The first-order valence-corrected chi connectivity index (χ1v) is 13.6.